The van der Waals surface area contributed by atoms with Crippen molar-refractivity contribution >= 4 is 5.91 Å². The molecule has 158 valence electrons. The maximum atomic E-state index is 12.7. The molecule has 0 saturated heterocycles. The number of benzene rings is 1. The lowest BCUT2D eigenvalue weighted by atomic mass is 9.90. The molecular formula is C23H29N5O2. The average Bonchev–Trinajstić information content (AvgIpc) is 2.99. The molecule has 0 aliphatic heterocycles. The van der Waals surface area contributed by atoms with E-state index < -0.39 is 11.6 Å². The fraction of sp³-hybridized carbons (Fsp3) is 0.478. The van der Waals surface area contributed by atoms with Gasteiger partial charge in [-0.15, -0.1) is 0 Å². The fourth-order valence-corrected chi connectivity index (χ4v) is 3.89. The first-order valence-electron chi connectivity index (χ1n) is 10.6. The van der Waals surface area contributed by atoms with E-state index in [0.717, 1.165) is 36.8 Å². The number of nitrogens with two attached hydrogens (primary N) is 1. The minimum absolute atomic E-state index is 0.128. The number of carbonyl (C=O) groups is 1. The Hall–Kier alpha value is -2.98. The number of nitriles is 1. The molecule has 3 N–H and O–H groups in total. The molecule has 2 aromatic rings. The van der Waals surface area contributed by atoms with Crippen LogP contribution in [0.25, 0.3) is 11.3 Å². The van der Waals surface area contributed by atoms with Crippen LogP contribution in [-0.2, 0) is 17.8 Å². The summed E-state index contributed by atoms with van der Waals surface area (Å²) in [6.45, 7) is 2.38. The van der Waals surface area contributed by atoms with Gasteiger partial charge in [-0.05, 0) is 31.4 Å². The summed E-state index contributed by atoms with van der Waals surface area (Å²) in [6.07, 6.45) is 5.83. The third-order valence-corrected chi connectivity index (χ3v) is 5.76. The molecular weight excluding hydrogens is 378 g/mol. The highest BCUT2D eigenvalue weighted by Crippen LogP contribution is 2.25. The first-order chi connectivity index (χ1) is 14.4. The third-order valence-electron chi connectivity index (χ3n) is 5.76. The van der Waals surface area contributed by atoms with Crippen LogP contribution in [0, 0.1) is 11.3 Å². The van der Waals surface area contributed by atoms with Crippen molar-refractivity contribution in [2.45, 2.75) is 70.0 Å². The van der Waals surface area contributed by atoms with E-state index in [-0.39, 0.29) is 11.5 Å². The van der Waals surface area contributed by atoms with E-state index in [9.17, 15) is 14.9 Å². The number of nitrogens with one attached hydrogen (secondary N) is 1. The van der Waals surface area contributed by atoms with Crippen LogP contribution in [0.15, 0.2) is 41.2 Å². The van der Waals surface area contributed by atoms with Gasteiger partial charge < -0.3 is 11.1 Å². The average molecular weight is 408 g/mol. The Balaban J connectivity index is 1.67. The second-order valence-electron chi connectivity index (χ2n) is 8.00. The van der Waals surface area contributed by atoms with E-state index >= 15 is 0 Å². The lowest BCUT2D eigenvalue weighted by Gasteiger charge is -2.28. The summed E-state index contributed by atoms with van der Waals surface area (Å²) in [5.74, 6) is -0.224. The Bertz CT molecular complexity index is 966. The maximum absolute atomic E-state index is 12.7. The lowest BCUT2D eigenvalue weighted by Crippen LogP contribution is -2.56. The van der Waals surface area contributed by atoms with Crippen LogP contribution < -0.4 is 16.6 Å². The zero-order chi connectivity index (χ0) is 21.6. The summed E-state index contributed by atoms with van der Waals surface area (Å²) in [7, 11) is 0. The molecule has 1 amide bonds. The van der Waals surface area contributed by atoms with Crippen molar-refractivity contribution < 1.29 is 4.79 Å². The lowest BCUT2D eigenvalue weighted by molar-refractivity contribution is -0.127. The summed E-state index contributed by atoms with van der Waals surface area (Å²) in [5.41, 5.74) is 7.90. The van der Waals surface area contributed by atoms with Crippen LogP contribution in [-0.4, -0.2) is 27.3 Å². The molecule has 1 aliphatic carbocycles. The highest BCUT2D eigenvalue weighted by Gasteiger charge is 2.35. The van der Waals surface area contributed by atoms with Crippen LogP contribution in [0.4, 0.5) is 0 Å². The SMILES string of the molecule is CCn1nc(-c2ccc(C[C@@H](C#N)NC(=O)C3(N)CCCCCC3)cc2)ccc1=O. The minimum Gasteiger partial charge on any atom is -0.338 e. The number of hydrogen-bond donors (Lipinski definition) is 2. The van der Waals surface area contributed by atoms with Crippen LogP contribution >= 0.6 is 0 Å². The van der Waals surface area contributed by atoms with Gasteiger partial charge in [-0.3, -0.25) is 9.59 Å². The summed E-state index contributed by atoms with van der Waals surface area (Å²) < 4.78 is 1.42. The molecule has 1 aliphatic rings. The van der Waals surface area contributed by atoms with Crippen molar-refractivity contribution in [2.75, 3.05) is 0 Å². The normalized spacial score (nSPS) is 16.8. The summed E-state index contributed by atoms with van der Waals surface area (Å²) >= 11 is 0. The second kappa shape index (κ2) is 9.68. The van der Waals surface area contributed by atoms with Gasteiger partial charge in [0, 0.05) is 24.6 Å². The maximum Gasteiger partial charge on any atom is 0.266 e. The van der Waals surface area contributed by atoms with E-state index in [1.165, 1.54) is 10.7 Å². The number of aromatic nitrogens is 2. The molecule has 1 atom stereocenters. The van der Waals surface area contributed by atoms with E-state index in [1.54, 1.807) is 6.07 Å². The molecule has 0 radical (unpaired) electrons. The molecule has 1 saturated carbocycles. The smallest absolute Gasteiger partial charge is 0.266 e. The van der Waals surface area contributed by atoms with Crippen LogP contribution in [0.1, 0.15) is 51.0 Å². The highest BCUT2D eigenvalue weighted by molar-refractivity contribution is 5.86. The molecule has 1 aromatic carbocycles. The minimum atomic E-state index is -0.872. The van der Waals surface area contributed by atoms with Crippen molar-refractivity contribution in [3.63, 3.8) is 0 Å². The standard InChI is InChI=1S/C23H29N5O2/c1-2-28-21(29)12-11-20(27-28)18-9-7-17(8-10-18)15-19(16-24)26-22(30)23(25)13-5-3-4-6-14-23/h7-12,19H,2-6,13-15,25H2,1H3,(H,26,30)/t19-/m0/s1. The van der Waals surface area contributed by atoms with Gasteiger partial charge in [0.05, 0.1) is 17.3 Å². The van der Waals surface area contributed by atoms with Gasteiger partial charge in [0.15, 0.2) is 0 Å². The van der Waals surface area contributed by atoms with Gasteiger partial charge in [-0.25, -0.2) is 4.68 Å². The molecule has 1 aromatic heterocycles. The quantitative estimate of drug-likeness (QED) is 0.714. The number of rotatable bonds is 6. The first-order valence-corrected chi connectivity index (χ1v) is 10.6. The number of nitrogens with zero attached hydrogens (tertiary/aromatic N) is 3. The van der Waals surface area contributed by atoms with E-state index in [1.807, 2.05) is 31.2 Å². The zero-order valence-electron chi connectivity index (χ0n) is 17.4. The van der Waals surface area contributed by atoms with E-state index in [0.29, 0.717) is 31.5 Å². The molecule has 3 rings (SSSR count). The Labute approximate surface area is 176 Å². The van der Waals surface area contributed by atoms with Gasteiger partial charge in [-0.2, -0.15) is 10.4 Å². The molecule has 7 heteroatoms. The summed E-state index contributed by atoms with van der Waals surface area (Å²) in [4.78, 5) is 24.4. The number of amides is 1. The van der Waals surface area contributed by atoms with E-state index in [2.05, 4.69) is 16.5 Å². The summed E-state index contributed by atoms with van der Waals surface area (Å²) in [6, 6.07) is 12.4. The van der Waals surface area contributed by atoms with Crippen molar-refractivity contribution in [3.8, 4) is 17.3 Å². The topological polar surface area (TPSA) is 114 Å². The van der Waals surface area contributed by atoms with Gasteiger partial charge in [0.2, 0.25) is 5.91 Å². The molecule has 1 heterocycles. The molecule has 7 nitrogen and oxygen atoms in total. The zero-order valence-corrected chi connectivity index (χ0v) is 17.4. The monoisotopic (exact) mass is 407 g/mol. The van der Waals surface area contributed by atoms with Gasteiger partial charge in [0.1, 0.15) is 6.04 Å². The van der Waals surface area contributed by atoms with Gasteiger partial charge >= 0.3 is 0 Å². The van der Waals surface area contributed by atoms with Crippen molar-refractivity contribution in [1.82, 2.24) is 15.1 Å². The van der Waals surface area contributed by atoms with Crippen LogP contribution in [0.3, 0.4) is 0 Å². The molecule has 1 fully saturated rings. The number of hydrogen-bond acceptors (Lipinski definition) is 5. The van der Waals surface area contributed by atoms with Crippen molar-refractivity contribution in [2.24, 2.45) is 5.73 Å². The second-order valence-corrected chi connectivity index (χ2v) is 8.00. The highest BCUT2D eigenvalue weighted by atomic mass is 16.2. The van der Waals surface area contributed by atoms with Crippen molar-refractivity contribution in [1.29, 1.82) is 5.26 Å². The first kappa shape index (κ1) is 21.7. The Morgan fingerprint density at radius 1 is 1.20 bits per heavy atom. The number of aryl methyl sites for hydroxylation is 1. The summed E-state index contributed by atoms with van der Waals surface area (Å²) in [5, 5.41) is 16.7. The molecule has 0 unspecified atom stereocenters. The van der Waals surface area contributed by atoms with Crippen molar-refractivity contribution in [3.05, 3.63) is 52.3 Å². The van der Waals surface area contributed by atoms with Gasteiger partial charge in [0.25, 0.3) is 5.56 Å². The molecule has 30 heavy (non-hydrogen) atoms. The fourth-order valence-electron chi connectivity index (χ4n) is 3.89. The third kappa shape index (κ3) is 5.14. The Morgan fingerprint density at radius 2 is 1.87 bits per heavy atom. The Morgan fingerprint density at radius 3 is 2.47 bits per heavy atom. The Kier molecular flexibility index (Phi) is 7.01. The molecule has 0 spiro atoms. The van der Waals surface area contributed by atoms with Crippen LogP contribution in [0.5, 0.6) is 0 Å². The predicted octanol–water partition coefficient (Wildman–Crippen LogP) is 2.53. The largest absolute Gasteiger partial charge is 0.338 e. The molecule has 0 bridgehead atoms. The van der Waals surface area contributed by atoms with E-state index in [4.69, 9.17) is 5.73 Å². The van der Waals surface area contributed by atoms with Crippen LogP contribution in [0.2, 0.25) is 0 Å². The number of carbonyl (C=O) groups excluding carboxylic acids is 1. The predicted molar refractivity (Wildman–Crippen MR) is 115 cm³/mol. The van der Waals surface area contributed by atoms with Gasteiger partial charge in [-0.1, -0.05) is 49.9 Å².